The number of aromatic nitrogens is 2. The molecule has 0 aliphatic carbocycles. The molecular formula is C43H45F2N9O7. The number of nitrogen functional groups attached to an aromatic ring is 1. The molecule has 6 N–H and O–H groups in total. The largest absolute Gasteiger partial charge is 0.496 e. The van der Waals surface area contributed by atoms with E-state index in [9.17, 15) is 33.2 Å². The second kappa shape index (κ2) is 16.8. The molecule has 0 bridgehead atoms. The monoisotopic (exact) mass is 837 g/mol. The van der Waals surface area contributed by atoms with Crippen molar-refractivity contribution in [2.24, 2.45) is 11.7 Å². The first kappa shape index (κ1) is 41.1. The minimum atomic E-state index is -1.12. The summed E-state index contributed by atoms with van der Waals surface area (Å²) in [7, 11) is 1.40. The molecule has 4 aromatic rings. The van der Waals surface area contributed by atoms with Crippen molar-refractivity contribution in [2.75, 3.05) is 50.5 Å². The molecule has 5 heterocycles. The van der Waals surface area contributed by atoms with E-state index in [0.29, 0.717) is 30.3 Å². The molecule has 318 valence electrons. The van der Waals surface area contributed by atoms with Crippen molar-refractivity contribution < 1.29 is 42.3 Å². The van der Waals surface area contributed by atoms with E-state index in [1.165, 1.54) is 25.3 Å². The van der Waals surface area contributed by atoms with Gasteiger partial charge in [-0.2, -0.15) is 5.10 Å². The summed E-state index contributed by atoms with van der Waals surface area (Å²) in [6, 6.07) is 12.1. The van der Waals surface area contributed by atoms with Gasteiger partial charge in [-0.1, -0.05) is 24.3 Å². The van der Waals surface area contributed by atoms with Gasteiger partial charge in [0.25, 0.3) is 23.6 Å². The Bertz CT molecular complexity index is 2440. The average Bonchev–Trinajstić information content (AvgIpc) is 3.72. The van der Waals surface area contributed by atoms with Gasteiger partial charge < -0.3 is 31.3 Å². The van der Waals surface area contributed by atoms with E-state index in [1.54, 1.807) is 28.9 Å². The van der Waals surface area contributed by atoms with E-state index in [0.717, 1.165) is 67.9 Å². The van der Waals surface area contributed by atoms with Crippen LogP contribution in [0.2, 0.25) is 0 Å². The van der Waals surface area contributed by atoms with Crippen LogP contribution in [-0.2, 0) is 16.1 Å². The molecule has 0 saturated carbocycles. The lowest BCUT2D eigenvalue weighted by atomic mass is 9.94. The number of hydrogen-bond donors (Lipinski definition) is 4. The number of amides is 6. The number of nitrogens with one attached hydrogen (secondary N) is 2. The topological polar surface area (TPSA) is 215 Å². The third-order valence-corrected chi connectivity index (χ3v) is 12.2. The van der Waals surface area contributed by atoms with Gasteiger partial charge in [-0.05, 0) is 73.9 Å². The van der Waals surface area contributed by atoms with Crippen molar-refractivity contribution >= 4 is 46.9 Å². The Kier molecular flexibility index (Phi) is 11.3. The summed E-state index contributed by atoms with van der Waals surface area (Å²) < 4.78 is 36.2. The van der Waals surface area contributed by atoms with Crippen LogP contribution in [0.25, 0.3) is 11.3 Å². The quantitative estimate of drug-likeness (QED) is 0.161. The van der Waals surface area contributed by atoms with E-state index >= 15 is 4.39 Å². The summed E-state index contributed by atoms with van der Waals surface area (Å²) in [6.07, 6.45) is 3.06. The third kappa shape index (κ3) is 8.02. The zero-order valence-electron chi connectivity index (χ0n) is 33.4. The van der Waals surface area contributed by atoms with Gasteiger partial charge in [-0.15, -0.1) is 0 Å². The first-order valence-electron chi connectivity index (χ1n) is 20.2. The van der Waals surface area contributed by atoms with Crippen molar-refractivity contribution in [1.29, 1.82) is 0 Å². The second-order valence-electron chi connectivity index (χ2n) is 15.9. The number of imide groups is 2. The number of primary amides is 1. The zero-order valence-corrected chi connectivity index (χ0v) is 33.4. The summed E-state index contributed by atoms with van der Waals surface area (Å²) in [5.41, 5.74) is 14.5. The number of likely N-dealkylation sites (tertiary alicyclic amines) is 1. The Morgan fingerprint density at radius 2 is 1.59 bits per heavy atom. The molecule has 4 aliphatic rings. The van der Waals surface area contributed by atoms with E-state index in [1.807, 2.05) is 4.90 Å². The minimum absolute atomic E-state index is 0.00331. The lowest BCUT2D eigenvalue weighted by molar-refractivity contribution is -0.136. The first-order chi connectivity index (χ1) is 29.3. The van der Waals surface area contributed by atoms with Crippen LogP contribution in [0.1, 0.15) is 91.6 Å². The number of hydrogen-bond acceptors (Lipinski definition) is 11. The minimum Gasteiger partial charge on any atom is -0.496 e. The van der Waals surface area contributed by atoms with Gasteiger partial charge in [0.1, 0.15) is 40.5 Å². The number of piperidine rings is 3. The molecule has 3 saturated heterocycles. The molecule has 18 heteroatoms. The number of anilines is 2. The van der Waals surface area contributed by atoms with Crippen molar-refractivity contribution in [3.63, 3.8) is 0 Å². The second-order valence-corrected chi connectivity index (χ2v) is 15.9. The molecule has 4 aliphatic heterocycles. The van der Waals surface area contributed by atoms with Crippen LogP contribution in [0.15, 0.2) is 54.6 Å². The summed E-state index contributed by atoms with van der Waals surface area (Å²) in [4.78, 5) is 81.1. The number of carbonyl (C=O) groups excluding carboxylic acids is 6. The maximum absolute atomic E-state index is 15.5. The zero-order chi connectivity index (χ0) is 43.1. The Morgan fingerprint density at radius 1 is 0.902 bits per heavy atom. The fourth-order valence-corrected chi connectivity index (χ4v) is 8.88. The highest BCUT2D eigenvalue weighted by Crippen LogP contribution is 2.36. The molecule has 1 aromatic heterocycles. The first-order valence-corrected chi connectivity index (χ1v) is 20.2. The van der Waals surface area contributed by atoms with Gasteiger partial charge in [0.05, 0.1) is 35.5 Å². The van der Waals surface area contributed by atoms with Gasteiger partial charge in [0.2, 0.25) is 11.8 Å². The molecular weight excluding hydrogens is 793 g/mol. The Labute approximate surface area is 349 Å². The number of ether oxygens (including phenoxy) is 1. The molecule has 61 heavy (non-hydrogen) atoms. The molecule has 1 unspecified atom stereocenters. The van der Waals surface area contributed by atoms with Gasteiger partial charge in [0.15, 0.2) is 0 Å². The van der Waals surface area contributed by atoms with Crippen LogP contribution < -0.4 is 31.7 Å². The summed E-state index contributed by atoms with van der Waals surface area (Å²) >= 11 is 0. The highest BCUT2D eigenvalue weighted by Gasteiger charge is 2.45. The van der Waals surface area contributed by atoms with E-state index in [-0.39, 0.29) is 64.9 Å². The number of rotatable bonds is 11. The van der Waals surface area contributed by atoms with Crippen molar-refractivity contribution in [3.8, 4) is 17.0 Å². The number of methoxy groups -OCH3 is 1. The predicted octanol–water partition coefficient (Wildman–Crippen LogP) is 3.40. The van der Waals surface area contributed by atoms with Crippen LogP contribution in [0.3, 0.4) is 0 Å². The van der Waals surface area contributed by atoms with Gasteiger partial charge >= 0.3 is 0 Å². The molecule has 3 fully saturated rings. The Balaban J connectivity index is 0.852. The van der Waals surface area contributed by atoms with Crippen LogP contribution in [0.4, 0.5) is 20.3 Å². The van der Waals surface area contributed by atoms with Crippen LogP contribution in [-0.4, -0.2) is 101 Å². The summed E-state index contributed by atoms with van der Waals surface area (Å²) in [5, 5.41) is 9.72. The Hall–Kier alpha value is -6.69. The van der Waals surface area contributed by atoms with Gasteiger partial charge in [-0.25, -0.2) is 13.5 Å². The van der Waals surface area contributed by atoms with E-state index in [4.69, 9.17) is 21.3 Å². The molecule has 3 aromatic carbocycles. The standard InChI is InChI=1S/C43H45F2N9O7/c1-61-34-8-6-26(44)18-30(34)40(57)48-21-23-2-4-25(5-3-23)37-36(39(47)56)38(46)54(50-37)27-12-14-51(15-13-27)22-24-10-16-52(17-11-24)33-20-29-28(19-31(33)45)42(59)53(43(29)60)32-7-9-35(55)49-41(32)58/h2-6,8,18-20,24,27,32H,7,9-17,21-22,46H2,1H3,(H2,47,56)(H,48,57)(H,49,55,58). The average molecular weight is 838 g/mol. The third-order valence-electron chi connectivity index (χ3n) is 12.2. The lowest BCUT2D eigenvalue weighted by Crippen LogP contribution is -2.54. The predicted molar refractivity (Wildman–Crippen MR) is 217 cm³/mol. The van der Waals surface area contributed by atoms with Crippen LogP contribution in [0, 0.1) is 17.6 Å². The van der Waals surface area contributed by atoms with Crippen LogP contribution in [0.5, 0.6) is 5.75 Å². The SMILES string of the molecule is COc1ccc(F)cc1C(=O)NCc1ccc(-c2nn(C3CCN(CC4CCN(c5cc6c(cc5F)C(=O)N(C5CCC(=O)NC5=O)C6=O)CC4)CC3)c(N)c2C(N)=O)cc1. The van der Waals surface area contributed by atoms with Gasteiger partial charge in [-0.3, -0.25) is 39.0 Å². The highest BCUT2D eigenvalue weighted by molar-refractivity contribution is 6.23. The molecule has 8 rings (SSSR count). The maximum Gasteiger partial charge on any atom is 0.262 e. The number of nitrogens with zero attached hydrogens (tertiary/aromatic N) is 5. The molecule has 16 nitrogen and oxygen atoms in total. The van der Waals surface area contributed by atoms with Crippen molar-refractivity contribution in [1.82, 2.24) is 30.2 Å². The maximum atomic E-state index is 15.5. The fraction of sp³-hybridized carbons (Fsp3) is 0.372. The van der Waals surface area contributed by atoms with E-state index in [2.05, 4.69) is 15.5 Å². The van der Waals surface area contributed by atoms with Crippen LogP contribution >= 0.6 is 0 Å². The lowest BCUT2D eigenvalue weighted by Gasteiger charge is -2.38. The fourth-order valence-electron chi connectivity index (χ4n) is 8.88. The summed E-state index contributed by atoms with van der Waals surface area (Å²) in [6.45, 7) is 3.65. The van der Waals surface area contributed by atoms with E-state index < -0.39 is 53.1 Å². The Morgan fingerprint density at radius 3 is 2.25 bits per heavy atom. The molecule has 0 spiro atoms. The normalized spacial score (nSPS) is 19.0. The smallest absolute Gasteiger partial charge is 0.262 e. The van der Waals surface area contributed by atoms with Crippen molar-refractivity contribution in [2.45, 2.75) is 57.2 Å². The van der Waals surface area contributed by atoms with Gasteiger partial charge in [0, 0.05) is 51.3 Å². The number of carbonyl (C=O) groups is 6. The number of halogens is 2. The number of nitrogens with two attached hydrogens (primary N) is 2. The highest BCUT2D eigenvalue weighted by atomic mass is 19.1. The summed E-state index contributed by atoms with van der Waals surface area (Å²) in [5.74, 6) is -4.18. The number of fused-ring (bicyclic) bond motifs is 1. The van der Waals surface area contributed by atoms with Crippen molar-refractivity contribution in [3.05, 3.63) is 94.0 Å². The molecule has 0 radical (unpaired) electrons. The molecule has 6 amide bonds. The molecule has 1 atom stereocenters. The number of benzene rings is 3.